The van der Waals surface area contributed by atoms with Crippen molar-refractivity contribution in [2.24, 2.45) is 11.3 Å². The van der Waals surface area contributed by atoms with Crippen LogP contribution in [0.4, 0.5) is 4.79 Å². The first-order valence-corrected chi connectivity index (χ1v) is 16.9. The molecule has 5 atom stereocenters. The zero-order valence-corrected chi connectivity index (χ0v) is 26.9. The molecule has 12 nitrogen and oxygen atoms in total. The van der Waals surface area contributed by atoms with Gasteiger partial charge < -0.3 is 26.0 Å². The maximum atomic E-state index is 13.8. The lowest BCUT2D eigenvalue weighted by molar-refractivity contribution is -0.145. The third-order valence-corrected chi connectivity index (χ3v) is 11.4. The number of carboxylic acids is 1. The van der Waals surface area contributed by atoms with Gasteiger partial charge in [0, 0.05) is 26.2 Å². The van der Waals surface area contributed by atoms with E-state index in [1.54, 1.807) is 13.8 Å². The highest BCUT2D eigenvalue weighted by atomic mass is 32.2. The Hall–Kier alpha value is -2.41. The lowest BCUT2D eigenvalue weighted by Crippen LogP contribution is -2.59. The smallest absolute Gasteiger partial charge is 0.329 e. The average molecular weight is 614 g/mol. The number of carboxylic acid groups (broad SMARTS) is 1. The van der Waals surface area contributed by atoms with E-state index in [0.29, 0.717) is 38.6 Å². The van der Waals surface area contributed by atoms with Crippen molar-refractivity contribution < 1.29 is 32.7 Å². The van der Waals surface area contributed by atoms with Crippen LogP contribution in [0.15, 0.2) is 0 Å². The van der Waals surface area contributed by atoms with E-state index in [9.17, 15) is 32.7 Å². The fraction of sp³-hybridized carbons (Fsp3) is 0.862. The van der Waals surface area contributed by atoms with Gasteiger partial charge in [0.2, 0.25) is 21.8 Å². The zero-order valence-electron chi connectivity index (χ0n) is 26.1. The molecular formula is C29H51N5O7S. The van der Waals surface area contributed by atoms with Crippen molar-refractivity contribution in [2.75, 3.05) is 20.1 Å². The first-order chi connectivity index (χ1) is 19.5. The van der Waals surface area contributed by atoms with Crippen molar-refractivity contribution in [1.29, 1.82) is 0 Å². The number of nitrogens with zero attached hydrogens (tertiary/aromatic N) is 2. The first-order valence-electron chi connectivity index (χ1n) is 15.4. The number of urea groups is 1. The van der Waals surface area contributed by atoms with Gasteiger partial charge in [0.15, 0.2) is 0 Å². The van der Waals surface area contributed by atoms with Crippen LogP contribution in [-0.4, -0.2) is 95.6 Å². The van der Waals surface area contributed by atoms with Gasteiger partial charge in [-0.05, 0) is 57.3 Å². The van der Waals surface area contributed by atoms with E-state index in [-0.39, 0.29) is 18.4 Å². The number of carbonyl (C=O) groups is 4. The Morgan fingerprint density at radius 2 is 1.69 bits per heavy atom. The number of likely N-dealkylation sites (N-methyl/N-ethyl adjacent to an activating group) is 1. The van der Waals surface area contributed by atoms with Gasteiger partial charge in [-0.2, -0.15) is 0 Å². The minimum atomic E-state index is -3.53. The summed E-state index contributed by atoms with van der Waals surface area (Å²) in [6.45, 7) is 9.35. The molecule has 2 heterocycles. The van der Waals surface area contributed by atoms with Crippen LogP contribution in [0.1, 0.15) is 98.8 Å². The van der Waals surface area contributed by atoms with Crippen molar-refractivity contribution in [3.8, 4) is 0 Å². The van der Waals surface area contributed by atoms with Crippen molar-refractivity contribution in [2.45, 2.75) is 128 Å². The summed E-state index contributed by atoms with van der Waals surface area (Å²) in [5.74, 6) is -1.94. The molecule has 0 spiro atoms. The second-order valence-corrected chi connectivity index (χ2v) is 16.3. The van der Waals surface area contributed by atoms with Gasteiger partial charge in [0.25, 0.3) is 0 Å². The molecule has 0 aromatic rings. The fourth-order valence-electron chi connectivity index (χ4n) is 6.10. The zero-order chi connectivity index (χ0) is 31.5. The van der Waals surface area contributed by atoms with E-state index < -0.39 is 62.3 Å². The highest BCUT2D eigenvalue weighted by Gasteiger charge is 2.61. The minimum absolute atomic E-state index is 0.0662. The summed E-state index contributed by atoms with van der Waals surface area (Å²) in [5.41, 5.74) is -1.74. The third-order valence-electron chi connectivity index (χ3n) is 9.14. The van der Waals surface area contributed by atoms with Crippen LogP contribution in [-0.2, 0) is 24.4 Å². The molecule has 4 amide bonds. The number of rotatable bonds is 7. The van der Waals surface area contributed by atoms with Crippen molar-refractivity contribution >= 4 is 33.8 Å². The van der Waals surface area contributed by atoms with E-state index >= 15 is 0 Å². The highest BCUT2D eigenvalue weighted by molar-refractivity contribution is 7.89. The van der Waals surface area contributed by atoms with Crippen LogP contribution in [0.25, 0.3) is 0 Å². The molecule has 0 aromatic carbocycles. The molecule has 240 valence electrons. The molecule has 3 rings (SSSR count). The molecule has 1 unspecified atom stereocenters. The lowest BCUT2D eigenvalue weighted by Gasteiger charge is -2.35. The predicted octanol–water partition coefficient (Wildman–Crippen LogP) is 2.43. The topological polar surface area (TPSA) is 165 Å². The summed E-state index contributed by atoms with van der Waals surface area (Å²) in [7, 11) is -2.04. The Morgan fingerprint density at radius 1 is 1.07 bits per heavy atom. The monoisotopic (exact) mass is 613 g/mol. The summed E-state index contributed by atoms with van der Waals surface area (Å²) < 4.78 is 26.6. The van der Waals surface area contributed by atoms with E-state index in [1.165, 1.54) is 16.3 Å². The second-order valence-electron chi connectivity index (χ2n) is 13.7. The van der Waals surface area contributed by atoms with Gasteiger partial charge >= 0.3 is 12.0 Å². The second kappa shape index (κ2) is 13.5. The van der Waals surface area contributed by atoms with Gasteiger partial charge in [0.1, 0.15) is 17.6 Å². The molecule has 13 heteroatoms. The summed E-state index contributed by atoms with van der Waals surface area (Å²) in [4.78, 5) is 54.1. The van der Waals surface area contributed by atoms with Crippen molar-refractivity contribution in [1.82, 2.24) is 25.2 Å². The predicted molar refractivity (Wildman–Crippen MR) is 159 cm³/mol. The molecular weight excluding hydrogens is 562 g/mol. The SMILES string of the molecule is CC(C)S(=O)(=O)N(C)C[C@@H](NC(=O)N[C@H]1CCCCCCCC2C[C@@]2(C(=O)O)NC(=O)[C@@H]2CCCN2C1=O)C(C)(C)C. The molecule has 2 aliphatic heterocycles. The number of fused-ring (bicyclic) bond motifs is 2. The van der Waals surface area contributed by atoms with Gasteiger partial charge in [-0.25, -0.2) is 22.3 Å². The molecule has 3 fully saturated rings. The fourth-order valence-corrected chi connectivity index (χ4v) is 7.17. The number of carbonyl (C=O) groups excluding carboxylic acids is 3. The van der Waals surface area contributed by atoms with Gasteiger partial charge in [-0.1, -0.05) is 52.9 Å². The molecule has 1 aliphatic carbocycles. The number of aliphatic carboxylic acids is 1. The number of sulfonamides is 1. The molecule has 1 saturated carbocycles. The van der Waals surface area contributed by atoms with Crippen LogP contribution in [0.2, 0.25) is 0 Å². The Kier molecular flexibility index (Phi) is 10.9. The summed E-state index contributed by atoms with van der Waals surface area (Å²) >= 11 is 0. The van der Waals surface area contributed by atoms with Crippen LogP contribution in [0.5, 0.6) is 0 Å². The molecule has 0 aromatic heterocycles. The van der Waals surface area contributed by atoms with Crippen LogP contribution in [0, 0.1) is 11.3 Å². The number of hydrogen-bond donors (Lipinski definition) is 4. The van der Waals surface area contributed by atoms with E-state index in [1.807, 2.05) is 20.8 Å². The Morgan fingerprint density at radius 3 is 2.29 bits per heavy atom. The summed E-state index contributed by atoms with van der Waals surface area (Å²) in [5, 5.41) is 17.8. The maximum absolute atomic E-state index is 13.8. The van der Waals surface area contributed by atoms with Crippen molar-refractivity contribution in [3.63, 3.8) is 0 Å². The summed E-state index contributed by atoms with van der Waals surface area (Å²) in [6, 6.07) is -2.78. The van der Waals surface area contributed by atoms with Crippen LogP contribution in [0.3, 0.4) is 0 Å². The Balaban J connectivity index is 1.77. The molecule has 2 saturated heterocycles. The van der Waals surface area contributed by atoms with Crippen molar-refractivity contribution in [3.05, 3.63) is 0 Å². The third kappa shape index (κ3) is 7.94. The van der Waals surface area contributed by atoms with Gasteiger partial charge in [-0.15, -0.1) is 0 Å². The van der Waals surface area contributed by atoms with Crippen LogP contribution < -0.4 is 16.0 Å². The lowest BCUT2D eigenvalue weighted by atomic mass is 9.87. The largest absolute Gasteiger partial charge is 0.479 e. The molecule has 42 heavy (non-hydrogen) atoms. The standard InChI is InChI=1S/C29H51N5O7S/c1-19(2)42(40,41)33(6)18-23(28(3,4)5)31-27(39)30-21-14-11-9-7-8-10-13-20-17-29(20,26(37)38)32-24(35)22-15-12-16-34(22)25(21)36/h19-23H,7-18H2,1-6H3,(H,32,35)(H,37,38)(H2,30,31,39)/t20?,21-,22-,23+,29+/m0/s1. The van der Waals surface area contributed by atoms with E-state index in [4.69, 9.17) is 0 Å². The first kappa shape index (κ1) is 34.1. The molecule has 4 N–H and O–H groups in total. The van der Waals surface area contributed by atoms with Gasteiger partial charge in [0.05, 0.1) is 5.25 Å². The molecule has 3 aliphatic rings. The van der Waals surface area contributed by atoms with Crippen LogP contribution >= 0.6 is 0 Å². The minimum Gasteiger partial charge on any atom is -0.479 e. The Labute approximate surface area is 250 Å². The highest BCUT2D eigenvalue weighted by Crippen LogP contribution is 2.47. The van der Waals surface area contributed by atoms with E-state index in [0.717, 1.165) is 32.1 Å². The normalized spacial score (nSPS) is 28.7. The molecule has 0 bridgehead atoms. The number of amides is 4. The number of hydrogen-bond acceptors (Lipinski definition) is 6. The summed E-state index contributed by atoms with van der Waals surface area (Å²) in [6.07, 6.45) is 6.91. The Bertz CT molecular complexity index is 1120. The number of nitrogens with one attached hydrogen (secondary N) is 3. The van der Waals surface area contributed by atoms with Gasteiger partial charge in [-0.3, -0.25) is 9.59 Å². The average Bonchev–Trinajstić information content (AvgIpc) is 3.36. The molecule has 0 radical (unpaired) electrons. The van der Waals surface area contributed by atoms with E-state index in [2.05, 4.69) is 16.0 Å². The maximum Gasteiger partial charge on any atom is 0.329 e. The quantitative estimate of drug-likeness (QED) is 0.342.